The van der Waals surface area contributed by atoms with Gasteiger partial charge < -0.3 is 10.2 Å². The van der Waals surface area contributed by atoms with Crippen LogP contribution in [0.25, 0.3) is 10.2 Å². The number of carbonyl (C=O) groups excluding carboxylic acids is 1. The van der Waals surface area contributed by atoms with E-state index in [1.54, 1.807) is 11.8 Å². The number of benzene rings is 1. The van der Waals surface area contributed by atoms with E-state index in [2.05, 4.69) is 10.2 Å². The van der Waals surface area contributed by atoms with Crippen molar-refractivity contribution in [3.63, 3.8) is 0 Å². The van der Waals surface area contributed by atoms with Crippen LogP contribution >= 0.6 is 34.7 Å². The van der Waals surface area contributed by atoms with Crippen molar-refractivity contribution in [1.29, 1.82) is 0 Å². The first-order chi connectivity index (χ1) is 14.2. The Bertz CT molecular complexity index is 1070. The van der Waals surface area contributed by atoms with E-state index in [1.807, 2.05) is 35.6 Å². The number of aryl methyl sites for hydroxylation is 2. The van der Waals surface area contributed by atoms with Crippen LogP contribution in [-0.4, -0.2) is 35.5 Å². The first kappa shape index (κ1) is 19.2. The maximum Gasteiger partial charge on any atom is 0.221 e. The molecule has 1 aromatic carbocycles. The molecule has 0 saturated carbocycles. The Morgan fingerprint density at radius 1 is 1.14 bits per heavy atom. The summed E-state index contributed by atoms with van der Waals surface area (Å²) in [5.41, 5.74) is 1.43. The second-order valence-corrected chi connectivity index (χ2v) is 9.90. The van der Waals surface area contributed by atoms with Crippen molar-refractivity contribution in [2.24, 2.45) is 0 Å². The number of fused-ring (bicyclic) bond motifs is 3. The molecular formula is C21H21ClN4OS2. The predicted molar refractivity (Wildman–Crippen MR) is 120 cm³/mol. The minimum atomic E-state index is 0.117. The Morgan fingerprint density at radius 2 is 2.00 bits per heavy atom. The van der Waals surface area contributed by atoms with Gasteiger partial charge >= 0.3 is 0 Å². The summed E-state index contributed by atoms with van der Waals surface area (Å²) < 4.78 is 0. The summed E-state index contributed by atoms with van der Waals surface area (Å²) in [4.78, 5) is 27.7. The zero-order valence-electron chi connectivity index (χ0n) is 15.9. The average Bonchev–Trinajstić information content (AvgIpc) is 3.23. The first-order valence-electron chi connectivity index (χ1n) is 9.88. The third kappa shape index (κ3) is 3.96. The molecule has 1 fully saturated rings. The number of hydrogen-bond donors (Lipinski definition) is 1. The van der Waals surface area contributed by atoms with Gasteiger partial charge in [-0.1, -0.05) is 11.6 Å². The third-order valence-corrected chi connectivity index (χ3v) is 7.83. The zero-order chi connectivity index (χ0) is 19.8. The molecule has 1 aliphatic carbocycles. The maximum atomic E-state index is 11.8. The Hall–Kier alpha value is -1.83. The van der Waals surface area contributed by atoms with Gasteiger partial charge in [0.05, 0.1) is 11.1 Å². The van der Waals surface area contributed by atoms with Gasteiger partial charge in [-0.2, -0.15) is 0 Å². The smallest absolute Gasteiger partial charge is 0.221 e. The molecule has 1 N–H and O–H groups in total. The van der Waals surface area contributed by atoms with E-state index >= 15 is 0 Å². The van der Waals surface area contributed by atoms with Gasteiger partial charge in [-0.15, -0.1) is 23.1 Å². The Morgan fingerprint density at radius 3 is 2.86 bits per heavy atom. The number of amides is 1. The normalized spacial score (nSPS) is 16.7. The van der Waals surface area contributed by atoms with Crippen LogP contribution in [0.2, 0.25) is 5.02 Å². The lowest BCUT2D eigenvalue weighted by molar-refractivity contribution is -0.120. The highest BCUT2D eigenvalue weighted by molar-refractivity contribution is 7.98. The first-order valence-corrected chi connectivity index (χ1v) is 12.1. The van der Waals surface area contributed by atoms with Crippen LogP contribution in [0.15, 0.2) is 29.2 Å². The van der Waals surface area contributed by atoms with E-state index in [4.69, 9.17) is 21.6 Å². The van der Waals surface area contributed by atoms with Gasteiger partial charge in [-0.3, -0.25) is 4.79 Å². The summed E-state index contributed by atoms with van der Waals surface area (Å²) in [7, 11) is 0. The molecule has 5 nitrogen and oxygen atoms in total. The molecule has 2 aliphatic rings. The fourth-order valence-electron chi connectivity index (χ4n) is 3.97. The summed E-state index contributed by atoms with van der Waals surface area (Å²) in [5, 5.41) is 4.93. The van der Waals surface area contributed by atoms with E-state index in [9.17, 15) is 4.79 Å². The van der Waals surface area contributed by atoms with Crippen molar-refractivity contribution in [2.45, 2.75) is 36.3 Å². The van der Waals surface area contributed by atoms with Crippen LogP contribution in [0.5, 0.6) is 0 Å². The van der Waals surface area contributed by atoms with E-state index in [0.29, 0.717) is 25.3 Å². The van der Waals surface area contributed by atoms with Gasteiger partial charge in [0.15, 0.2) is 0 Å². The second kappa shape index (κ2) is 8.13. The number of nitrogens with one attached hydrogen (secondary N) is 1. The molecule has 150 valence electrons. The molecule has 0 atom stereocenters. The van der Waals surface area contributed by atoms with Crippen LogP contribution in [0.1, 0.15) is 29.1 Å². The Labute approximate surface area is 182 Å². The average molecular weight is 445 g/mol. The van der Waals surface area contributed by atoms with Gasteiger partial charge in [0.25, 0.3) is 0 Å². The van der Waals surface area contributed by atoms with Crippen molar-refractivity contribution in [3.8, 4) is 0 Å². The van der Waals surface area contributed by atoms with Gasteiger partial charge in [-0.25, -0.2) is 9.97 Å². The summed E-state index contributed by atoms with van der Waals surface area (Å²) in [6, 6.07) is 7.87. The minimum absolute atomic E-state index is 0.117. The summed E-state index contributed by atoms with van der Waals surface area (Å²) in [6.07, 6.45) is 3.97. The van der Waals surface area contributed by atoms with E-state index < -0.39 is 0 Å². The molecule has 1 saturated heterocycles. The fraction of sp³-hybridized carbons (Fsp3) is 0.381. The van der Waals surface area contributed by atoms with E-state index in [-0.39, 0.29) is 5.91 Å². The van der Waals surface area contributed by atoms with Gasteiger partial charge in [0.1, 0.15) is 16.5 Å². The van der Waals surface area contributed by atoms with Gasteiger partial charge in [-0.05, 0) is 49.1 Å². The Balaban J connectivity index is 1.50. The number of hydrogen-bond acceptors (Lipinski definition) is 6. The number of carbonyl (C=O) groups is 1. The van der Waals surface area contributed by atoms with Crippen LogP contribution in [0, 0.1) is 0 Å². The van der Waals surface area contributed by atoms with Gasteiger partial charge in [0.2, 0.25) is 5.91 Å². The highest BCUT2D eigenvalue weighted by Crippen LogP contribution is 2.41. The van der Waals surface area contributed by atoms with Crippen LogP contribution in [0.3, 0.4) is 0 Å². The lowest BCUT2D eigenvalue weighted by Crippen LogP contribution is -2.29. The van der Waals surface area contributed by atoms with Crippen LogP contribution in [-0.2, 0) is 23.4 Å². The highest BCUT2D eigenvalue weighted by atomic mass is 35.5. The third-order valence-electron chi connectivity index (χ3n) is 5.39. The molecule has 5 rings (SSSR count). The van der Waals surface area contributed by atoms with E-state index in [0.717, 1.165) is 45.8 Å². The largest absolute Gasteiger partial charge is 0.354 e. The Kier molecular flexibility index (Phi) is 5.37. The molecule has 0 spiro atoms. The van der Waals surface area contributed by atoms with Crippen molar-refractivity contribution >= 4 is 56.6 Å². The maximum absolute atomic E-state index is 11.8. The second-order valence-electron chi connectivity index (χ2n) is 7.33. The molecule has 0 radical (unpaired) electrons. The molecule has 1 amide bonds. The van der Waals surface area contributed by atoms with Gasteiger partial charge in [0, 0.05) is 40.9 Å². The lowest BCUT2D eigenvalue weighted by Gasteiger charge is -2.22. The number of thiophene rings is 1. The molecule has 29 heavy (non-hydrogen) atoms. The van der Waals surface area contributed by atoms with E-state index in [1.165, 1.54) is 22.2 Å². The van der Waals surface area contributed by atoms with Crippen molar-refractivity contribution in [2.75, 3.05) is 24.5 Å². The lowest BCUT2D eigenvalue weighted by atomic mass is 10.1. The number of anilines is 1. The molecule has 8 heteroatoms. The summed E-state index contributed by atoms with van der Waals surface area (Å²) >= 11 is 9.53. The standard InChI is InChI=1S/C21H21ClN4OS2/c22-13-4-6-14(7-5-13)28-12-17-24-20(26-10-8-18(27)23-9-11-26)19-15-2-1-3-16(15)29-21(19)25-17/h4-7H,1-3,8-12H2,(H,23,27). The van der Waals surface area contributed by atoms with Crippen LogP contribution < -0.4 is 10.2 Å². The minimum Gasteiger partial charge on any atom is -0.354 e. The molecule has 0 bridgehead atoms. The van der Waals surface area contributed by atoms with Crippen molar-refractivity contribution in [1.82, 2.24) is 15.3 Å². The highest BCUT2D eigenvalue weighted by Gasteiger charge is 2.26. The van der Waals surface area contributed by atoms with Crippen molar-refractivity contribution < 1.29 is 4.79 Å². The topological polar surface area (TPSA) is 58.1 Å². The summed E-state index contributed by atoms with van der Waals surface area (Å²) in [6.45, 7) is 2.14. The van der Waals surface area contributed by atoms with Crippen LogP contribution in [0.4, 0.5) is 5.82 Å². The molecule has 3 aromatic rings. The molecule has 3 heterocycles. The zero-order valence-corrected chi connectivity index (χ0v) is 18.3. The SMILES string of the molecule is O=C1CCN(c2nc(CSc3ccc(Cl)cc3)nc3sc4c(c23)CCC4)CCN1. The van der Waals surface area contributed by atoms with Crippen molar-refractivity contribution in [3.05, 3.63) is 45.6 Å². The number of thioether (sulfide) groups is 1. The number of halogens is 1. The molecule has 1 aliphatic heterocycles. The number of nitrogens with zero attached hydrogens (tertiary/aromatic N) is 3. The monoisotopic (exact) mass is 444 g/mol. The summed E-state index contributed by atoms with van der Waals surface area (Å²) in [5.74, 6) is 2.68. The molecule has 0 unspecified atom stereocenters. The number of rotatable bonds is 4. The predicted octanol–water partition coefficient (Wildman–Crippen LogP) is 4.45. The fourth-order valence-corrected chi connectivity index (χ4v) is 6.12. The number of aromatic nitrogens is 2. The molecular weight excluding hydrogens is 424 g/mol. The quantitative estimate of drug-likeness (QED) is 0.602. The molecule has 2 aromatic heterocycles.